The Morgan fingerprint density at radius 2 is 2.10 bits per heavy atom. The minimum absolute atomic E-state index is 0.369. The minimum Gasteiger partial charge on any atom is -0.417 e. The Labute approximate surface area is 55.9 Å². The molecule has 0 radical (unpaired) electrons. The number of nitrogens with zero attached hydrogens (tertiary/aromatic N) is 2. The fourth-order valence-electron chi connectivity index (χ4n) is 0.800. The summed E-state index contributed by atoms with van der Waals surface area (Å²) in [6.07, 6.45) is 0. The quantitative estimate of drug-likeness (QED) is 0.523. The minimum atomic E-state index is 0.369. The molecule has 0 aliphatic heterocycles. The lowest BCUT2D eigenvalue weighted by atomic mass is 10.8. The highest BCUT2D eigenvalue weighted by molar-refractivity contribution is 5.61. The second-order valence-electron chi connectivity index (χ2n) is 1.94. The van der Waals surface area contributed by atoms with Crippen LogP contribution in [-0.2, 0) is 0 Å². The highest BCUT2D eigenvalue weighted by atomic mass is 16.3. The fourth-order valence-corrected chi connectivity index (χ4v) is 0.800. The molecule has 0 aliphatic carbocycles. The third-order valence-corrected chi connectivity index (χ3v) is 1.15. The number of imidazole rings is 1. The van der Waals surface area contributed by atoms with Crippen LogP contribution in [0.25, 0.3) is 24.5 Å². The van der Waals surface area contributed by atoms with Gasteiger partial charge in [-0.3, -0.25) is 0 Å². The van der Waals surface area contributed by atoms with E-state index in [0.717, 1.165) is 0 Å². The van der Waals surface area contributed by atoms with E-state index < -0.39 is 0 Å². The summed E-state index contributed by atoms with van der Waals surface area (Å²) in [6.45, 7) is 7.07. The van der Waals surface area contributed by atoms with Gasteiger partial charge in [0.25, 0.3) is 5.71 Å². The number of aromatic nitrogens is 3. The zero-order valence-corrected chi connectivity index (χ0v) is 5.22. The van der Waals surface area contributed by atoms with Crippen LogP contribution in [0, 0.1) is 0 Å². The lowest BCUT2D eigenvalue weighted by Gasteiger charge is -1.66. The van der Waals surface area contributed by atoms with E-state index in [0.29, 0.717) is 22.4 Å². The van der Waals surface area contributed by atoms with E-state index in [1.807, 2.05) is 0 Å². The van der Waals surface area contributed by atoms with Crippen molar-refractivity contribution >= 4 is 24.5 Å². The molecule has 50 valence electrons. The summed E-state index contributed by atoms with van der Waals surface area (Å²) in [7, 11) is 0. The van der Waals surface area contributed by atoms with Crippen molar-refractivity contribution in [3.63, 3.8) is 0 Å². The second kappa shape index (κ2) is 1.47. The van der Waals surface area contributed by atoms with Gasteiger partial charge < -0.3 is 9.40 Å². The summed E-state index contributed by atoms with van der Waals surface area (Å²) in [5.74, 6) is 0. The van der Waals surface area contributed by atoms with Crippen molar-refractivity contribution in [3.05, 3.63) is 11.0 Å². The first-order valence-corrected chi connectivity index (χ1v) is 2.76. The standard InChI is InChI=1S/C6H5N3O/c1-3-7-5-6(8-3)10-4(2)9-5/h1-2H2,(H,7,9). The molecule has 10 heavy (non-hydrogen) atoms. The van der Waals surface area contributed by atoms with Gasteiger partial charge in [-0.05, 0) is 6.58 Å². The van der Waals surface area contributed by atoms with Crippen molar-refractivity contribution in [3.8, 4) is 0 Å². The maximum absolute atomic E-state index is 4.98. The zero-order chi connectivity index (χ0) is 7.14. The maximum Gasteiger partial charge on any atom is 0.266 e. The number of aromatic amines is 1. The highest BCUT2D eigenvalue weighted by Crippen LogP contribution is 1.96. The summed E-state index contributed by atoms with van der Waals surface area (Å²) in [6, 6.07) is 0. The van der Waals surface area contributed by atoms with Crippen LogP contribution >= 0.6 is 0 Å². The number of H-pyrrole nitrogens is 1. The van der Waals surface area contributed by atoms with Gasteiger partial charge in [-0.15, -0.1) is 0 Å². The lowest BCUT2D eigenvalue weighted by molar-refractivity contribution is 0.552. The van der Waals surface area contributed by atoms with Crippen LogP contribution in [0.15, 0.2) is 4.42 Å². The predicted octanol–water partition coefficient (Wildman–Crippen LogP) is -0.629. The first kappa shape index (κ1) is 5.22. The van der Waals surface area contributed by atoms with E-state index in [-0.39, 0.29) is 0 Å². The first-order valence-electron chi connectivity index (χ1n) is 2.76. The van der Waals surface area contributed by atoms with Gasteiger partial charge in [0.2, 0.25) is 5.55 Å². The number of hydrogen-bond acceptors (Lipinski definition) is 3. The molecule has 2 heterocycles. The SMILES string of the molecule is C=c1nc2oc(=C)nc2[nH]1. The molecule has 2 aromatic rings. The topological polar surface area (TPSA) is 54.7 Å². The van der Waals surface area contributed by atoms with E-state index in [2.05, 4.69) is 28.1 Å². The normalized spacial score (nSPS) is 10.8. The average Bonchev–Trinajstić information content (AvgIpc) is 2.21. The van der Waals surface area contributed by atoms with Crippen LogP contribution in [0.1, 0.15) is 0 Å². The molecule has 4 heteroatoms. The van der Waals surface area contributed by atoms with E-state index in [9.17, 15) is 0 Å². The van der Waals surface area contributed by atoms with Gasteiger partial charge in [0, 0.05) is 0 Å². The van der Waals surface area contributed by atoms with Gasteiger partial charge in [0.1, 0.15) is 5.48 Å². The fraction of sp³-hybridized carbons (Fsp3) is 0. The molecule has 0 bridgehead atoms. The first-order chi connectivity index (χ1) is 4.75. The summed E-state index contributed by atoms with van der Waals surface area (Å²) in [4.78, 5) is 10.6. The Balaban J connectivity index is 3.09. The molecular formula is C6H5N3O. The Morgan fingerprint density at radius 3 is 2.80 bits per heavy atom. The van der Waals surface area contributed by atoms with Gasteiger partial charge in [0.05, 0.1) is 0 Å². The molecule has 0 saturated carbocycles. The molecule has 2 rings (SSSR count). The van der Waals surface area contributed by atoms with Crippen molar-refractivity contribution in [2.45, 2.75) is 0 Å². The largest absolute Gasteiger partial charge is 0.417 e. The molecular weight excluding hydrogens is 130 g/mol. The summed E-state index contributed by atoms with van der Waals surface area (Å²) < 4.78 is 4.98. The van der Waals surface area contributed by atoms with Crippen molar-refractivity contribution in [2.75, 3.05) is 0 Å². The summed E-state index contributed by atoms with van der Waals surface area (Å²) in [5, 5.41) is 0. The van der Waals surface area contributed by atoms with Crippen molar-refractivity contribution in [2.24, 2.45) is 0 Å². The maximum atomic E-state index is 4.98. The van der Waals surface area contributed by atoms with Crippen molar-refractivity contribution < 1.29 is 4.42 Å². The molecule has 0 spiro atoms. The van der Waals surface area contributed by atoms with Crippen LogP contribution in [0.2, 0.25) is 0 Å². The number of nitrogens with one attached hydrogen (secondary N) is 1. The Hall–Kier alpha value is -1.58. The highest BCUT2D eigenvalue weighted by Gasteiger charge is 1.99. The van der Waals surface area contributed by atoms with E-state index >= 15 is 0 Å². The Morgan fingerprint density at radius 1 is 1.30 bits per heavy atom. The molecule has 0 unspecified atom stereocenters. The number of hydrogen-bond donors (Lipinski definition) is 1. The molecule has 0 fully saturated rings. The van der Waals surface area contributed by atoms with Gasteiger partial charge in [0.15, 0.2) is 5.65 Å². The van der Waals surface area contributed by atoms with Gasteiger partial charge in [-0.2, -0.15) is 9.97 Å². The van der Waals surface area contributed by atoms with Gasteiger partial charge >= 0.3 is 0 Å². The van der Waals surface area contributed by atoms with Crippen LogP contribution in [0.5, 0.6) is 0 Å². The molecule has 0 saturated heterocycles. The van der Waals surface area contributed by atoms with Crippen LogP contribution < -0.4 is 11.0 Å². The number of fused-ring (bicyclic) bond motifs is 1. The molecule has 0 amide bonds. The van der Waals surface area contributed by atoms with Gasteiger partial charge in [-0.25, -0.2) is 0 Å². The second-order valence-corrected chi connectivity index (χ2v) is 1.94. The summed E-state index contributed by atoms with van der Waals surface area (Å²) >= 11 is 0. The van der Waals surface area contributed by atoms with Crippen LogP contribution in [0.3, 0.4) is 0 Å². The number of rotatable bonds is 0. The average molecular weight is 135 g/mol. The third kappa shape index (κ3) is 0.556. The summed E-state index contributed by atoms with van der Waals surface area (Å²) in [5.41, 5.74) is 2.00. The smallest absolute Gasteiger partial charge is 0.266 e. The Bertz CT molecular complexity index is 376. The van der Waals surface area contributed by atoms with E-state index in [1.165, 1.54) is 0 Å². The van der Waals surface area contributed by atoms with Crippen LogP contribution in [0.4, 0.5) is 0 Å². The lowest BCUT2D eigenvalue weighted by Crippen LogP contribution is -2.02. The Kier molecular flexibility index (Phi) is 0.768. The van der Waals surface area contributed by atoms with Crippen molar-refractivity contribution in [1.29, 1.82) is 0 Å². The molecule has 2 aromatic heterocycles. The predicted molar refractivity (Wildman–Crippen MR) is 36.4 cm³/mol. The molecule has 0 aliphatic rings. The molecule has 1 N–H and O–H groups in total. The number of oxazole rings is 1. The third-order valence-electron chi connectivity index (χ3n) is 1.15. The molecule has 4 nitrogen and oxygen atoms in total. The van der Waals surface area contributed by atoms with Crippen molar-refractivity contribution in [1.82, 2.24) is 15.0 Å². The van der Waals surface area contributed by atoms with E-state index in [4.69, 9.17) is 4.42 Å². The zero-order valence-electron chi connectivity index (χ0n) is 5.22. The van der Waals surface area contributed by atoms with Crippen LogP contribution in [-0.4, -0.2) is 15.0 Å². The molecule has 0 atom stereocenters. The molecule has 0 aromatic carbocycles. The van der Waals surface area contributed by atoms with Gasteiger partial charge in [-0.1, -0.05) is 6.58 Å². The van der Waals surface area contributed by atoms with E-state index in [1.54, 1.807) is 0 Å². The monoisotopic (exact) mass is 135 g/mol.